The molecule has 19 heavy (non-hydrogen) atoms. The van der Waals surface area contributed by atoms with Gasteiger partial charge in [0.05, 0.1) is 0 Å². The van der Waals surface area contributed by atoms with Crippen molar-refractivity contribution >= 4 is 23.2 Å². The van der Waals surface area contributed by atoms with Gasteiger partial charge in [-0.15, -0.1) is 11.6 Å². The second-order valence-electron chi connectivity index (χ2n) is 4.93. The van der Waals surface area contributed by atoms with Crippen molar-refractivity contribution in [3.63, 3.8) is 0 Å². The molecule has 0 heterocycles. The molecule has 0 amide bonds. The Labute approximate surface area is 122 Å². The highest BCUT2D eigenvalue weighted by Gasteiger charge is 2.32. The second-order valence-corrected chi connectivity index (χ2v) is 5.90. The van der Waals surface area contributed by atoms with E-state index in [4.69, 9.17) is 23.2 Å². The van der Waals surface area contributed by atoms with Crippen LogP contribution in [0.5, 0.6) is 0 Å². The summed E-state index contributed by atoms with van der Waals surface area (Å²) in [6, 6.07) is 13.0. The lowest BCUT2D eigenvalue weighted by Gasteiger charge is -2.33. The number of benzene rings is 2. The van der Waals surface area contributed by atoms with Crippen LogP contribution in [0, 0.1) is 5.82 Å². The molecular formula is C16H13Cl2F. The van der Waals surface area contributed by atoms with Crippen LogP contribution in [0.3, 0.4) is 0 Å². The molecule has 0 nitrogen and oxygen atoms in total. The monoisotopic (exact) mass is 294 g/mol. The average molecular weight is 295 g/mol. The van der Waals surface area contributed by atoms with Crippen LogP contribution in [-0.4, -0.2) is 5.38 Å². The summed E-state index contributed by atoms with van der Waals surface area (Å²) in [5.41, 5.74) is 3.15. The molecule has 0 saturated carbocycles. The Hall–Kier alpha value is -1.05. The molecule has 0 spiro atoms. The maximum Gasteiger partial charge on any atom is 0.127 e. The van der Waals surface area contributed by atoms with Gasteiger partial charge in [-0.05, 0) is 36.1 Å². The van der Waals surface area contributed by atoms with Gasteiger partial charge in [-0.1, -0.05) is 41.9 Å². The number of rotatable bonds is 3. The lowest BCUT2D eigenvalue weighted by molar-refractivity contribution is 0.549. The molecule has 1 aliphatic rings. The summed E-state index contributed by atoms with van der Waals surface area (Å²) in [4.78, 5) is 0. The van der Waals surface area contributed by atoms with Crippen molar-refractivity contribution < 1.29 is 4.39 Å². The molecule has 2 aromatic rings. The SMILES string of the molecule is Fc1cccc(Cl)c1CC(Cl)C1Cc2ccccc21. The summed E-state index contributed by atoms with van der Waals surface area (Å²) in [5, 5.41) is 0.336. The molecule has 2 atom stereocenters. The summed E-state index contributed by atoms with van der Waals surface area (Å²) in [7, 11) is 0. The third kappa shape index (κ3) is 2.37. The van der Waals surface area contributed by atoms with Crippen molar-refractivity contribution in [2.75, 3.05) is 0 Å². The van der Waals surface area contributed by atoms with Gasteiger partial charge >= 0.3 is 0 Å². The van der Waals surface area contributed by atoms with Crippen molar-refractivity contribution in [1.29, 1.82) is 0 Å². The quantitative estimate of drug-likeness (QED) is 0.701. The summed E-state index contributed by atoms with van der Waals surface area (Å²) < 4.78 is 13.7. The van der Waals surface area contributed by atoms with Gasteiger partial charge in [0.2, 0.25) is 0 Å². The zero-order chi connectivity index (χ0) is 13.4. The summed E-state index contributed by atoms with van der Waals surface area (Å²) in [6.07, 6.45) is 1.43. The van der Waals surface area contributed by atoms with Crippen LogP contribution in [-0.2, 0) is 12.8 Å². The van der Waals surface area contributed by atoms with E-state index in [2.05, 4.69) is 12.1 Å². The van der Waals surface area contributed by atoms with Crippen molar-refractivity contribution in [1.82, 2.24) is 0 Å². The van der Waals surface area contributed by atoms with E-state index in [1.807, 2.05) is 12.1 Å². The predicted molar refractivity (Wildman–Crippen MR) is 77.6 cm³/mol. The van der Waals surface area contributed by atoms with E-state index in [0.717, 1.165) is 6.42 Å². The second kappa shape index (κ2) is 5.15. The van der Waals surface area contributed by atoms with Crippen LogP contribution in [0.2, 0.25) is 5.02 Å². The van der Waals surface area contributed by atoms with Gasteiger partial charge in [-0.2, -0.15) is 0 Å². The van der Waals surface area contributed by atoms with E-state index >= 15 is 0 Å². The Morgan fingerprint density at radius 3 is 2.68 bits per heavy atom. The lowest BCUT2D eigenvalue weighted by atomic mass is 9.74. The molecule has 3 rings (SSSR count). The van der Waals surface area contributed by atoms with Crippen LogP contribution in [0.4, 0.5) is 4.39 Å². The van der Waals surface area contributed by atoms with Gasteiger partial charge in [0, 0.05) is 21.9 Å². The molecule has 0 radical (unpaired) electrons. The minimum absolute atomic E-state index is 0.121. The molecule has 0 bridgehead atoms. The fourth-order valence-corrected chi connectivity index (χ4v) is 3.30. The van der Waals surface area contributed by atoms with Gasteiger partial charge in [-0.3, -0.25) is 0 Å². The predicted octanol–water partition coefficient (Wildman–Crippen LogP) is 4.97. The third-order valence-electron chi connectivity index (χ3n) is 3.79. The Balaban J connectivity index is 1.79. The van der Waals surface area contributed by atoms with Crippen molar-refractivity contribution in [2.45, 2.75) is 24.1 Å². The zero-order valence-corrected chi connectivity index (χ0v) is 11.8. The maximum absolute atomic E-state index is 13.7. The molecule has 0 fully saturated rings. The molecule has 0 aliphatic heterocycles. The van der Waals surface area contributed by atoms with E-state index in [0.29, 0.717) is 22.9 Å². The molecular weight excluding hydrogens is 282 g/mol. The van der Waals surface area contributed by atoms with Gasteiger partial charge in [0.25, 0.3) is 0 Å². The van der Waals surface area contributed by atoms with Gasteiger partial charge in [0.1, 0.15) is 5.82 Å². The molecule has 0 aromatic heterocycles. The van der Waals surface area contributed by atoms with Crippen LogP contribution < -0.4 is 0 Å². The topological polar surface area (TPSA) is 0 Å². The fourth-order valence-electron chi connectivity index (χ4n) is 2.68. The Morgan fingerprint density at radius 1 is 1.16 bits per heavy atom. The number of alkyl halides is 1. The highest BCUT2D eigenvalue weighted by molar-refractivity contribution is 6.31. The molecule has 2 unspecified atom stereocenters. The summed E-state index contributed by atoms with van der Waals surface area (Å²) in [6.45, 7) is 0. The summed E-state index contributed by atoms with van der Waals surface area (Å²) >= 11 is 12.5. The number of hydrogen-bond acceptors (Lipinski definition) is 0. The first kappa shape index (κ1) is 13.0. The lowest BCUT2D eigenvalue weighted by Crippen LogP contribution is -2.27. The van der Waals surface area contributed by atoms with Crippen molar-refractivity contribution in [3.05, 3.63) is 70.0 Å². The first-order valence-electron chi connectivity index (χ1n) is 6.31. The number of fused-ring (bicyclic) bond motifs is 1. The van der Waals surface area contributed by atoms with Crippen molar-refractivity contribution in [3.8, 4) is 0 Å². The van der Waals surface area contributed by atoms with E-state index < -0.39 is 0 Å². The first-order valence-corrected chi connectivity index (χ1v) is 7.13. The molecule has 0 N–H and O–H groups in total. The minimum atomic E-state index is -0.272. The van der Waals surface area contributed by atoms with Gasteiger partial charge in [0.15, 0.2) is 0 Å². The van der Waals surface area contributed by atoms with Crippen LogP contribution in [0.25, 0.3) is 0 Å². The largest absolute Gasteiger partial charge is 0.207 e. The Morgan fingerprint density at radius 2 is 1.95 bits per heavy atom. The van der Waals surface area contributed by atoms with E-state index in [9.17, 15) is 4.39 Å². The number of halogens is 3. The highest BCUT2D eigenvalue weighted by atomic mass is 35.5. The molecule has 3 heteroatoms. The Kier molecular flexibility index (Phi) is 3.51. The molecule has 2 aromatic carbocycles. The van der Waals surface area contributed by atoms with Crippen LogP contribution >= 0.6 is 23.2 Å². The first-order chi connectivity index (χ1) is 9.16. The highest BCUT2D eigenvalue weighted by Crippen LogP contribution is 2.41. The van der Waals surface area contributed by atoms with Gasteiger partial charge in [-0.25, -0.2) is 4.39 Å². The minimum Gasteiger partial charge on any atom is -0.207 e. The van der Waals surface area contributed by atoms with Gasteiger partial charge < -0.3 is 0 Å². The summed E-state index contributed by atoms with van der Waals surface area (Å²) in [5.74, 6) is 0.0271. The van der Waals surface area contributed by atoms with Crippen molar-refractivity contribution in [2.24, 2.45) is 0 Å². The average Bonchev–Trinajstić information content (AvgIpc) is 2.35. The van der Waals surface area contributed by atoms with Crippen LogP contribution in [0.15, 0.2) is 42.5 Å². The fraction of sp³-hybridized carbons (Fsp3) is 0.250. The van der Waals surface area contributed by atoms with Crippen LogP contribution in [0.1, 0.15) is 22.6 Å². The van der Waals surface area contributed by atoms with E-state index in [1.165, 1.54) is 17.2 Å². The number of hydrogen-bond donors (Lipinski definition) is 0. The third-order valence-corrected chi connectivity index (χ3v) is 4.60. The smallest absolute Gasteiger partial charge is 0.127 e. The maximum atomic E-state index is 13.7. The van der Waals surface area contributed by atoms with E-state index in [1.54, 1.807) is 12.1 Å². The van der Waals surface area contributed by atoms with E-state index in [-0.39, 0.29) is 11.2 Å². The molecule has 0 saturated heterocycles. The normalized spacial score (nSPS) is 18.6. The Bertz CT molecular complexity index is 589. The zero-order valence-electron chi connectivity index (χ0n) is 10.2. The standard InChI is InChI=1S/C16H13Cl2F/c17-14-6-3-7-16(19)13(14)9-15(18)12-8-10-4-1-2-5-11(10)12/h1-7,12,15H,8-9H2. The molecule has 98 valence electrons. The molecule has 1 aliphatic carbocycles.